The van der Waals surface area contributed by atoms with E-state index in [1.54, 1.807) is 0 Å². The standard InChI is InChI=1S/CH3.65Y/h1H3;;;;;;;;;;;;;;;;;;;;;;;;;;;;;;;;;;;;;;;;;;;;;;;;;;;;;;;;;;;;;;;;;/q-1;;;;;;;;;;;;;;;;;;;;;;;;;;;;;;;;;;;;;;;;;;;;;;;;;;;;;;;;;;;;;;;;;. The number of hydrogen-bond donors (Lipinski definition) is 0. The third-order valence-electron chi connectivity index (χ3n) is 0. The van der Waals surface area contributed by atoms with Crippen LogP contribution in [0.25, 0.3) is 0 Å². The fourth-order valence-corrected chi connectivity index (χ4v) is 0. The summed E-state index contributed by atoms with van der Waals surface area (Å²) < 4.78 is 0. The molecule has 0 aliphatic heterocycles. The Morgan fingerprint density at radius 3 is 0.0303 bits per heavy atom. The number of rotatable bonds is 0. The molecule has 0 aliphatic rings. The normalized spacial score (nSPS) is 0. The van der Waals surface area contributed by atoms with Crippen LogP contribution in [0.4, 0.5) is 0 Å². The molecule has 0 amide bonds. The zero-order valence-electron chi connectivity index (χ0n) is 38.5. The van der Waals surface area contributed by atoms with Gasteiger partial charge in [-0.1, -0.05) is 0 Å². The van der Waals surface area contributed by atoms with Gasteiger partial charge in [0.1, 0.15) is 0 Å². The molecule has 0 heterocycles. The molecule has 0 saturated heterocycles. The van der Waals surface area contributed by atoms with Crippen molar-refractivity contribution < 1.29 is 2130 Å². The Bertz CT molecular complexity index is 7.48. The van der Waals surface area contributed by atoms with Crippen molar-refractivity contribution in [1.29, 1.82) is 0 Å². The third kappa shape index (κ3) is 479. The molecule has 0 aliphatic carbocycles. The van der Waals surface area contributed by atoms with E-state index in [9.17, 15) is 0 Å². The van der Waals surface area contributed by atoms with Gasteiger partial charge in [-0.25, -0.2) is 0 Å². The van der Waals surface area contributed by atoms with Gasteiger partial charge in [0.2, 0.25) is 0 Å². The van der Waals surface area contributed by atoms with Crippen molar-refractivity contribution in [1.82, 2.24) is 0 Å². The molecule has 0 saturated carbocycles. The molecular formula is CH3Y65-. The monoisotopic (exact) mass is 5790 g/mol. The summed E-state index contributed by atoms with van der Waals surface area (Å²) in [6.07, 6.45) is 0. The van der Waals surface area contributed by atoms with Crippen molar-refractivity contribution in [3.63, 3.8) is 0 Å². The molecule has 0 rings (SSSR count). The fourth-order valence-electron chi connectivity index (χ4n) is 0. The van der Waals surface area contributed by atoms with Gasteiger partial charge in [-0.05, 0) is 0 Å². The molecule has 66 heavy (non-hydrogen) atoms. The van der Waals surface area contributed by atoms with Gasteiger partial charge in [0.05, 0.1) is 0 Å². The summed E-state index contributed by atoms with van der Waals surface area (Å²) in [5.74, 6) is 0. The molecule has 0 unspecified atom stereocenters. The van der Waals surface area contributed by atoms with Gasteiger partial charge < -0.3 is 7.43 Å². The maximum atomic E-state index is 0. The first-order chi connectivity index (χ1) is 0. The Balaban J connectivity index is 0. The van der Waals surface area contributed by atoms with E-state index < -0.39 is 0 Å². The average molecular weight is 5790 g/mol. The summed E-state index contributed by atoms with van der Waals surface area (Å²) in [5.41, 5.74) is 0. The summed E-state index contributed by atoms with van der Waals surface area (Å²) in [5, 5.41) is 0. The van der Waals surface area contributed by atoms with Crippen LogP contribution in [0.1, 0.15) is 0 Å². The van der Waals surface area contributed by atoms with Crippen molar-refractivity contribution in [2.75, 3.05) is 0 Å². The summed E-state index contributed by atoms with van der Waals surface area (Å²) in [4.78, 5) is 0. The van der Waals surface area contributed by atoms with E-state index in [1.165, 1.54) is 0 Å². The molecule has 65 heteroatoms. The van der Waals surface area contributed by atoms with E-state index in [0.717, 1.165) is 0 Å². The maximum absolute atomic E-state index is 0. The minimum Gasteiger partial charge on any atom is -0.358 e. The van der Waals surface area contributed by atoms with Gasteiger partial charge in [0, 0.05) is 2130 Å². The summed E-state index contributed by atoms with van der Waals surface area (Å²) in [6.45, 7) is 0. The Labute approximate surface area is 2050 Å². The van der Waals surface area contributed by atoms with Crippen LogP contribution in [0.3, 0.4) is 0 Å². The van der Waals surface area contributed by atoms with Crippen LogP contribution in [-0.2, 0) is 2130 Å². The number of hydrogen-bond acceptors (Lipinski definition) is 0. The molecule has 0 bridgehead atoms. The van der Waals surface area contributed by atoms with Gasteiger partial charge in [0.15, 0.2) is 0 Å². The van der Waals surface area contributed by atoms with Crippen LogP contribution >= 0.6 is 0 Å². The predicted octanol–water partition coefficient (Wildman–Crippen LogP) is 0.288. The van der Waals surface area contributed by atoms with Crippen LogP contribution in [0.2, 0.25) is 0 Å². The second-order valence-corrected chi connectivity index (χ2v) is 0. The van der Waals surface area contributed by atoms with E-state index in [1.807, 2.05) is 0 Å². The molecule has 0 fully saturated rings. The van der Waals surface area contributed by atoms with E-state index in [4.69, 9.17) is 0 Å². The fraction of sp³-hybridized carbons (Fsp3) is 0. The van der Waals surface area contributed by atoms with E-state index in [0.29, 0.717) is 0 Å². The Morgan fingerprint density at radius 2 is 0.0303 bits per heavy atom. The second-order valence-electron chi connectivity index (χ2n) is 0. The third-order valence-corrected chi connectivity index (χ3v) is 0. The van der Waals surface area contributed by atoms with Crippen molar-refractivity contribution in [3.05, 3.63) is 7.43 Å². The molecule has 0 N–H and O–H groups in total. The molecule has 203 valence electrons. The van der Waals surface area contributed by atoms with Crippen LogP contribution in [0.15, 0.2) is 0 Å². The molecule has 0 aromatic rings. The Hall–Kier alpha value is 71.8. The minimum atomic E-state index is 0. The SMILES string of the molecule is [CH3-].[Y].[Y].[Y].[Y].[Y].[Y].[Y].[Y].[Y].[Y].[Y].[Y].[Y].[Y].[Y].[Y].[Y].[Y].[Y].[Y].[Y].[Y].[Y].[Y].[Y].[Y].[Y].[Y].[Y].[Y].[Y].[Y].[Y].[Y].[Y].[Y].[Y].[Y].[Y].[Y].[Y].[Y].[Y].[Y].[Y].[Y].[Y].[Y].[Y].[Y].[Y].[Y].[Y].[Y].[Y].[Y].[Y].[Y].[Y].[Y].[Y].[Y].[Y].[Y].[Y]. The topological polar surface area (TPSA) is 0 Å². The van der Waals surface area contributed by atoms with Gasteiger partial charge in [-0.3, -0.25) is 0 Å². The van der Waals surface area contributed by atoms with E-state index >= 15 is 0 Å². The van der Waals surface area contributed by atoms with E-state index in [2.05, 4.69) is 0 Å². The largest absolute Gasteiger partial charge is 0.358 e. The van der Waals surface area contributed by atoms with Crippen molar-refractivity contribution in [2.45, 2.75) is 0 Å². The summed E-state index contributed by atoms with van der Waals surface area (Å²) in [7, 11) is 0. The molecular weight excluding hydrogens is 5790 g/mol. The van der Waals surface area contributed by atoms with Gasteiger partial charge in [-0.15, -0.1) is 0 Å². The summed E-state index contributed by atoms with van der Waals surface area (Å²) in [6, 6.07) is 0. The first-order valence-corrected chi connectivity index (χ1v) is 0. The van der Waals surface area contributed by atoms with Crippen LogP contribution in [-0.4, -0.2) is 0 Å². The molecule has 0 atom stereocenters. The molecule has 0 spiro atoms. The second kappa shape index (κ2) is 490. The molecule has 0 aromatic heterocycles. The van der Waals surface area contributed by atoms with Crippen LogP contribution in [0, 0.1) is 7.43 Å². The Kier molecular flexibility index (Phi) is 3710. The minimum absolute atomic E-state index is 0. The van der Waals surface area contributed by atoms with Crippen LogP contribution < -0.4 is 0 Å². The smallest absolute Gasteiger partial charge is 0 e. The first-order valence-electron chi connectivity index (χ1n) is 0. The van der Waals surface area contributed by atoms with Gasteiger partial charge in [0.25, 0.3) is 0 Å². The van der Waals surface area contributed by atoms with Crippen LogP contribution in [0.5, 0.6) is 0 Å². The van der Waals surface area contributed by atoms with Crippen molar-refractivity contribution in [3.8, 4) is 0 Å². The van der Waals surface area contributed by atoms with E-state index in [-0.39, 0.29) is 2130 Å². The average Bonchev–Trinajstić information content (AvgIpc) is 0. The zero-order chi connectivity index (χ0) is 0. The van der Waals surface area contributed by atoms with Crippen molar-refractivity contribution in [2.24, 2.45) is 0 Å². The quantitative estimate of drug-likeness (QED) is 0.307. The predicted molar refractivity (Wildman–Crippen MR) is 6.41 cm³/mol. The maximum Gasteiger partial charge on any atom is 0 e. The first kappa shape index (κ1) is 500. The van der Waals surface area contributed by atoms with Gasteiger partial charge in [-0.2, -0.15) is 0 Å². The molecule has 0 aromatic carbocycles. The zero-order valence-corrected chi connectivity index (χ0v) is 223. The van der Waals surface area contributed by atoms with Gasteiger partial charge >= 0.3 is 0 Å². The Morgan fingerprint density at radius 1 is 0.0303 bits per heavy atom. The summed E-state index contributed by atoms with van der Waals surface area (Å²) >= 11 is 0. The molecule has 65 radical (unpaired) electrons. The molecule has 0 nitrogen and oxygen atoms in total. The van der Waals surface area contributed by atoms with Crippen molar-refractivity contribution >= 4 is 0 Å².